The SMILES string of the molecule is CC12C3=CC=CC1=CC=C1C=CC=C(C=C3)C12. The molecule has 17 heavy (non-hydrogen) atoms. The lowest BCUT2D eigenvalue weighted by Gasteiger charge is -2.48. The van der Waals surface area contributed by atoms with Gasteiger partial charge < -0.3 is 0 Å². The normalized spacial score (nSPS) is 35.7. The van der Waals surface area contributed by atoms with Gasteiger partial charge >= 0.3 is 0 Å². The Morgan fingerprint density at radius 3 is 2.47 bits per heavy atom. The minimum atomic E-state index is 0.143. The fraction of sp³-hybridized carbons (Fsp3) is 0.176. The molecule has 2 unspecified atom stereocenters. The molecule has 0 aromatic carbocycles. The molecule has 0 N–H and O–H groups in total. The van der Waals surface area contributed by atoms with Crippen LogP contribution in [-0.2, 0) is 0 Å². The molecule has 0 radical (unpaired) electrons. The van der Waals surface area contributed by atoms with E-state index in [-0.39, 0.29) is 5.41 Å². The van der Waals surface area contributed by atoms with E-state index in [2.05, 4.69) is 67.7 Å². The lowest BCUT2D eigenvalue weighted by molar-refractivity contribution is 0.382. The van der Waals surface area contributed by atoms with Gasteiger partial charge in [0.05, 0.1) is 0 Å². The molecule has 0 saturated carbocycles. The molecular weight excluding hydrogens is 204 g/mol. The Morgan fingerprint density at radius 2 is 1.53 bits per heavy atom. The molecule has 0 aromatic heterocycles. The zero-order valence-corrected chi connectivity index (χ0v) is 9.85. The number of rotatable bonds is 0. The van der Waals surface area contributed by atoms with Crippen LogP contribution in [0.25, 0.3) is 0 Å². The molecule has 0 bridgehead atoms. The van der Waals surface area contributed by atoms with Crippen molar-refractivity contribution in [3.05, 3.63) is 83.1 Å². The van der Waals surface area contributed by atoms with E-state index in [1.165, 1.54) is 22.3 Å². The van der Waals surface area contributed by atoms with E-state index in [4.69, 9.17) is 0 Å². The van der Waals surface area contributed by atoms with Crippen molar-refractivity contribution in [2.45, 2.75) is 6.92 Å². The maximum atomic E-state index is 2.38. The van der Waals surface area contributed by atoms with E-state index in [0.717, 1.165) is 0 Å². The zero-order chi connectivity index (χ0) is 11.5. The fourth-order valence-electron chi connectivity index (χ4n) is 3.56. The van der Waals surface area contributed by atoms with E-state index in [1.807, 2.05) is 0 Å². The molecule has 4 rings (SSSR count). The highest BCUT2D eigenvalue weighted by atomic mass is 14.5. The molecule has 0 saturated heterocycles. The summed E-state index contributed by atoms with van der Waals surface area (Å²) in [5.41, 5.74) is 5.91. The van der Waals surface area contributed by atoms with Gasteiger partial charge in [0.2, 0.25) is 0 Å². The summed E-state index contributed by atoms with van der Waals surface area (Å²) in [4.78, 5) is 0. The fourth-order valence-corrected chi connectivity index (χ4v) is 3.56. The summed E-state index contributed by atoms with van der Waals surface area (Å²) < 4.78 is 0. The van der Waals surface area contributed by atoms with Gasteiger partial charge in [-0.05, 0) is 22.3 Å². The van der Waals surface area contributed by atoms with Gasteiger partial charge in [0.25, 0.3) is 0 Å². The Balaban J connectivity index is 2.08. The van der Waals surface area contributed by atoms with Crippen molar-refractivity contribution in [1.82, 2.24) is 0 Å². The van der Waals surface area contributed by atoms with E-state index in [1.54, 1.807) is 0 Å². The third kappa shape index (κ3) is 0.986. The zero-order valence-electron chi connectivity index (χ0n) is 9.85. The van der Waals surface area contributed by atoms with Gasteiger partial charge in [0, 0.05) is 11.3 Å². The second-order valence-corrected chi connectivity index (χ2v) is 5.26. The first kappa shape index (κ1) is 9.23. The van der Waals surface area contributed by atoms with Gasteiger partial charge in [-0.25, -0.2) is 0 Å². The molecule has 0 aromatic rings. The standard InChI is InChI=1S/C17H14/c1-17-14-6-3-7-15(17)11-9-13-5-2-4-12(8-10-14)16(13)17/h2-11,16H,1H3. The molecule has 2 atom stereocenters. The van der Waals surface area contributed by atoms with Crippen LogP contribution in [0.1, 0.15) is 6.92 Å². The van der Waals surface area contributed by atoms with Crippen LogP contribution in [0.15, 0.2) is 83.1 Å². The Bertz CT molecular complexity index is 614. The molecule has 0 spiro atoms. The summed E-state index contributed by atoms with van der Waals surface area (Å²) in [6.07, 6.45) is 22.5. The first-order valence-corrected chi connectivity index (χ1v) is 6.18. The summed E-state index contributed by atoms with van der Waals surface area (Å²) in [5.74, 6) is 0.508. The van der Waals surface area contributed by atoms with E-state index < -0.39 is 0 Å². The van der Waals surface area contributed by atoms with E-state index >= 15 is 0 Å². The minimum Gasteiger partial charge on any atom is -0.0617 e. The van der Waals surface area contributed by atoms with Crippen molar-refractivity contribution in [3.8, 4) is 0 Å². The highest BCUT2D eigenvalue weighted by Gasteiger charge is 2.46. The average Bonchev–Trinajstić information content (AvgIpc) is 2.35. The van der Waals surface area contributed by atoms with Crippen LogP contribution in [0.2, 0.25) is 0 Å². The molecule has 4 aliphatic rings. The first-order valence-electron chi connectivity index (χ1n) is 6.18. The van der Waals surface area contributed by atoms with Gasteiger partial charge in [-0.3, -0.25) is 0 Å². The molecule has 0 amide bonds. The summed E-state index contributed by atoms with van der Waals surface area (Å²) in [6.45, 7) is 2.38. The van der Waals surface area contributed by atoms with Crippen LogP contribution >= 0.6 is 0 Å². The van der Waals surface area contributed by atoms with Crippen LogP contribution in [0, 0.1) is 11.3 Å². The summed E-state index contributed by atoms with van der Waals surface area (Å²) in [6, 6.07) is 0. The van der Waals surface area contributed by atoms with Crippen LogP contribution < -0.4 is 0 Å². The Kier molecular flexibility index (Phi) is 1.57. The molecule has 0 nitrogen and oxygen atoms in total. The smallest absolute Gasteiger partial charge is 0.0283 e. The van der Waals surface area contributed by atoms with Crippen LogP contribution in [0.3, 0.4) is 0 Å². The lowest BCUT2D eigenvalue weighted by Crippen LogP contribution is -2.38. The van der Waals surface area contributed by atoms with Gasteiger partial charge in [0.1, 0.15) is 0 Å². The molecule has 0 aliphatic heterocycles. The maximum absolute atomic E-state index is 2.38. The maximum Gasteiger partial charge on any atom is 0.0283 e. The lowest BCUT2D eigenvalue weighted by atomic mass is 9.55. The van der Waals surface area contributed by atoms with E-state index in [9.17, 15) is 0 Å². The van der Waals surface area contributed by atoms with Crippen LogP contribution in [-0.4, -0.2) is 0 Å². The third-order valence-electron chi connectivity index (χ3n) is 4.48. The van der Waals surface area contributed by atoms with Crippen molar-refractivity contribution in [3.63, 3.8) is 0 Å². The summed E-state index contributed by atoms with van der Waals surface area (Å²) in [5, 5.41) is 0. The Hall–Kier alpha value is -1.82. The highest BCUT2D eigenvalue weighted by Crippen LogP contribution is 2.56. The van der Waals surface area contributed by atoms with Crippen molar-refractivity contribution >= 4 is 0 Å². The number of hydrogen-bond donors (Lipinski definition) is 0. The monoisotopic (exact) mass is 218 g/mol. The van der Waals surface area contributed by atoms with Gasteiger partial charge in [-0.15, -0.1) is 0 Å². The predicted octanol–water partition coefficient (Wildman–Crippen LogP) is 4.04. The quantitative estimate of drug-likeness (QED) is 0.575. The summed E-state index contributed by atoms with van der Waals surface area (Å²) in [7, 11) is 0. The Labute approximate surface area is 102 Å². The average molecular weight is 218 g/mol. The molecule has 4 aliphatic carbocycles. The molecule has 0 heteroatoms. The number of allylic oxidation sites excluding steroid dienone is 14. The largest absolute Gasteiger partial charge is 0.0617 e. The molecular formula is C17H14. The van der Waals surface area contributed by atoms with Crippen molar-refractivity contribution in [2.24, 2.45) is 11.3 Å². The Morgan fingerprint density at radius 1 is 0.765 bits per heavy atom. The minimum absolute atomic E-state index is 0.143. The van der Waals surface area contributed by atoms with Gasteiger partial charge in [0.15, 0.2) is 0 Å². The number of hydrogen-bond acceptors (Lipinski definition) is 0. The predicted molar refractivity (Wildman–Crippen MR) is 71.3 cm³/mol. The van der Waals surface area contributed by atoms with Crippen molar-refractivity contribution in [2.75, 3.05) is 0 Å². The van der Waals surface area contributed by atoms with Gasteiger partial charge in [-0.2, -0.15) is 0 Å². The summed E-state index contributed by atoms with van der Waals surface area (Å²) >= 11 is 0. The first-order chi connectivity index (χ1) is 8.30. The second kappa shape index (κ2) is 2.89. The third-order valence-corrected chi connectivity index (χ3v) is 4.48. The second-order valence-electron chi connectivity index (χ2n) is 5.26. The van der Waals surface area contributed by atoms with E-state index in [0.29, 0.717) is 5.92 Å². The van der Waals surface area contributed by atoms with Crippen molar-refractivity contribution in [1.29, 1.82) is 0 Å². The molecule has 0 fully saturated rings. The topological polar surface area (TPSA) is 0 Å². The van der Waals surface area contributed by atoms with Crippen LogP contribution in [0.5, 0.6) is 0 Å². The van der Waals surface area contributed by atoms with Crippen LogP contribution in [0.4, 0.5) is 0 Å². The van der Waals surface area contributed by atoms with Gasteiger partial charge in [-0.1, -0.05) is 67.7 Å². The molecule has 82 valence electrons. The highest BCUT2D eigenvalue weighted by molar-refractivity contribution is 5.63. The van der Waals surface area contributed by atoms with Crippen molar-refractivity contribution < 1.29 is 0 Å². The molecule has 0 heterocycles.